The molecule has 5 amide bonds. The molecule has 0 spiro atoms. The van der Waals surface area contributed by atoms with Gasteiger partial charge in [-0.05, 0) is 98.9 Å². The van der Waals surface area contributed by atoms with Crippen LogP contribution < -0.4 is 26.6 Å². The van der Waals surface area contributed by atoms with Gasteiger partial charge in [0.15, 0.2) is 0 Å². The van der Waals surface area contributed by atoms with Crippen molar-refractivity contribution >= 4 is 41.7 Å². The van der Waals surface area contributed by atoms with Crippen molar-refractivity contribution in [3.63, 3.8) is 0 Å². The highest BCUT2D eigenvalue weighted by molar-refractivity contribution is 5.94. The largest absolute Gasteiger partial charge is 0.458 e. The number of esters is 2. The van der Waals surface area contributed by atoms with Crippen molar-refractivity contribution in [3.05, 3.63) is 120 Å². The van der Waals surface area contributed by atoms with E-state index in [-0.39, 0.29) is 72.0 Å². The number of carbonyl (C=O) groups is 7. The molecule has 0 aromatic rings. The van der Waals surface area contributed by atoms with Crippen molar-refractivity contribution < 1.29 is 52.5 Å². The van der Waals surface area contributed by atoms with Crippen LogP contribution in [0.5, 0.6) is 0 Å². The summed E-state index contributed by atoms with van der Waals surface area (Å²) in [6.07, 6.45) is 29.8. The maximum atomic E-state index is 13.0. The molecule has 1 unspecified atom stereocenters. The average Bonchev–Trinajstić information content (AvgIpc) is 3.42. The zero-order valence-electron chi connectivity index (χ0n) is 52.7. The molecule has 0 bridgehead atoms. The number of nitrogens with one attached hydrogen (secondary N) is 5. The first-order chi connectivity index (χ1) is 38.9. The van der Waals surface area contributed by atoms with Gasteiger partial charge < -0.3 is 45.5 Å². The fraction of sp³-hybridized carbons (Fsp3) is 0.537. The molecule has 0 radical (unpaired) electrons. The summed E-state index contributed by atoms with van der Waals surface area (Å²) < 4.78 is 22.3. The molecule has 0 fully saturated rings. The van der Waals surface area contributed by atoms with E-state index < -0.39 is 41.0 Å². The molecule has 0 aliphatic carbocycles. The molecule has 8 atom stereocenters. The van der Waals surface area contributed by atoms with E-state index in [1.807, 2.05) is 139 Å². The molecule has 2 aliphatic rings. The highest BCUT2D eigenvalue weighted by Crippen LogP contribution is 2.25. The van der Waals surface area contributed by atoms with Crippen molar-refractivity contribution in [2.24, 2.45) is 22.7 Å². The Morgan fingerprint density at radius 1 is 0.614 bits per heavy atom. The molecule has 5 N–H and O–H groups in total. The van der Waals surface area contributed by atoms with Crippen molar-refractivity contribution in [1.29, 1.82) is 0 Å². The van der Waals surface area contributed by atoms with E-state index in [0.717, 1.165) is 11.1 Å². The monoisotopic (exact) mass is 1150 g/mol. The topological polar surface area (TPSA) is 217 Å². The third-order valence-electron chi connectivity index (χ3n) is 12.6. The summed E-state index contributed by atoms with van der Waals surface area (Å²) in [6, 6.07) is -1.58. The molecule has 2 aliphatic heterocycles. The van der Waals surface area contributed by atoms with Crippen molar-refractivity contribution in [1.82, 2.24) is 26.6 Å². The maximum absolute atomic E-state index is 13.0. The Labute approximate surface area is 496 Å². The second-order valence-electron chi connectivity index (χ2n) is 23.4. The predicted octanol–water partition coefficient (Wildman–Crippen LogP) is 11.1. The smallest absolute Gasteiger partial charge is 0.407 e. The summed E-state index contributed by atoms with van der Waals surface area (Å²) in [5, 5.41) is 13.8. The van der Waals surface area contributed by atoms with Gasteiger partial charge in [0.1, 0.15) is 30.4 Å². The van der Waals surface area contributed by atoms with Crippen LogP contribution in [0.2, 0.25) is 0 Å². The van der Waals surface area contributed by atoms with Crippen LogP contribution in [-0.4, -0.2) is 90.3 Å². The number of ether oxygens (including phenoxy) is 4. The molecule has 2 heterocycles. The molecule has 16 heteroatoms. The quantitative estimate of drug-likeness (QED) is 0.0180. The lowest BCUT2D eigenvalue weighted by Gasteiger charge is -2.29. The van der Waals surface area contributed by atoms with Crippen LogP contribution in [0.15, 0.2) is 120 Å². The number of alkyl carbamates (subject to hydrolysis) is 1. The highest BCUT2D eigenvalue weighted by atomic mass is 16.6. The lowest BCUT2D eigenvalue weighted by Crippen LogP contribution is -2.52. The van der Waals surface area contributed by atoms with Gasteiger partial charge >= 0.3 is 18.0 Å². The summed E-state index contributed by atoms with van der Waals surface area (Å²) in [7, 11) is 0. The van der Waals surface area contributed by atoms with Crippen molar-refractivity contribution in [3.8, 4) is 23.7 Å². The zero-order chi connectivity index (χ0) is 62.9. The maximum Gasteiger partial charge on any atom is 0.407 e. The minimum atomic E-state index is -0.800. The van der Waals surface area contributed by atoms with Gasteiger partial charge in [0.25, 0.3) is 0 Å². The van der Waals surface area contributed by atoms with E-state index >= 15 is 0 Å². The Morgan fingerprint density at radius 2 is 1.00 bits per heavy atom. The molecule has 0 aromatic carbocycles. The van der Waals surface area contributed by atoms with Crippen LogP contribution in [0.4, 0.5) is 4.79 Å². The number of carbonyl (C=O) groups excluding carboxylic acids is 7. The minimum absolute atomic E-state index is 0.0399. The highest BCUT2D eigenvalue weighted by Gasteiger charge is 2.33. The number of cyclic esters (lactones) is 2. The molecule has 0 aromatic heterocycles. The summed E-state index contributed by atoms with van der Waals surface area (Å²) in [4.78, 5) is 86.6. The van der Waals surface area contributed by atoms with E-state index in [1.54, 1.807) is 64.3 Å². The van der Waals surface area contributed by atoms with E-state index in [2.05, 4.69) is 50.3 Å². The van der Waals surface area contributed by atoms with Gasteiger partial charge in [-0.3, -0.25) is 19.2 Å². The standard InChI is InChI=1S/C34H49N3O6.C33H48N2O5/c1-10-11-16-27(42-33(41)36-23(2)3)17-14-21-35-31(39)30(34(7,8)9)37-29(38)18-13-12-15-24(4)22-26(6)28-20-19-25(5)32(40)43-28;1-10-11-16-27(39-23(2)3)17-14-21-34-31(37)30(33(7,8)9)35-29(36)18-13-12-15-24(4)22-26(6)28-20-19-25(5)32(38)40-28/h12-15,18-19,21-23,26-28,30H,16-17,20H2,1-9H3,(H,35,39)(H,36,41)(H,37,38);12-15,18-19,21-23,26-28,30H,16-17,20H2,1-9H3,(H,34,37)(H,35,36)/b2*15-12-,18-13-,21-14-,24-22+/t26-,27?,28-,30+;26-,27-,28-,30+/m00/s1. The van der Waals surface area contributed by atoms with Gasteiger partial charge in [0.05, 0.1) is 12.2 Å². The second-order valence-corrected chi connectivity index (χ2v) is 23.4. The number of rotatable bonds is 26. The molecular weight excluding hydrogens is 1050 g/mol. The van der Waals surface area contributed by atoms with Gasteiger partial charge in [0, 0.05) is 73.3 Å². The Kier molecular flexibility index (Phi) is 34.0. The van der Waals surface area contributed by atoms with Crippen LogP contribution in [-0.2, 0) is 47.7 Å². The van der Waals surface area contributed by atoms with Gasteiger partial charge in [-0.1, -0.05) is 145 Å². The molecule has 83 heavy (non-hydrogen) atoms. The van der Waals surface area contributed by atoms with E-state index in [4.69, 9.17) is 18.9 Å². The molecular formula is C67H97N5O11. The zero-order valence-corrected chi connectivity index (χ0v) is 52.7. The Hall–Kier alpha value is -7.43. The summed E-state index contributed by atoms with van der Waals surface area (Å²) in [5.41, 5.74) is 2.18. The first-order valence-electron chi connectivity index (χ1n) is 28.6. The lowest BCUT2D eigenvalue weighted by atomic mass is 9.86. The van der Waals surface area contributed by atoms with E-state index in [0.29, 0.717) is 49.7 Å². The Morgan fingerprint density at radius 3 is 1.36 bits per heavy atom. The molecule has 2 rings (SSSR count). The number of hydrogen-bond acceptors (Lipinski definition) is 11. The Bertz CT molecular complexity index is 2620. The predicted molar refractivity (Wildman–Crippen MR) is 330 cm³/mol. The third kappa shape index (κ3) is 32.1. The molecule has 0 saturated heterocycles. The minimum Gasteiger partial charge on any atom is -0.458 e. The van der Waals surface area contributed by atoms with Gasteiger partial charge in [0.2, 0.25) is 23.6 Å². The first-order valence-corrected chi connectivity index (χ1v) is 28.6. The van der Waals surface area contributed by atoms with Crippen molar-refractivity contribution in [2.45, 2.75) is 212 Å². The van der Waals surface area contributed by atoms with Gasteiger partial charge in [-0.2, -0.15) is 0 Å². The SMILES string of the molecule is CC#CCC(C/C=C\NC(=O)[C@@H](NC(=O)\C=C/C=C\C(C)=C\[C@H](C)[C@@H]1CC=C(C)C(=O)O1)C(C)(C)C)OC(=O)NC(C)C.CC#CC[C@@H](C/C=C\NC(=O)[C@@H](NC(=O)\C=C/C=C\C(C)=C\[C@H](C)[C@@H]1CC=C(C)C(=O)O1)C(C)(C)C)OC(C)C. The van der Waals surface area contributed by atoms with E-state index in [1.165, 1.54) is 18.4 Å². The second kappa shape index (κ2) is 38.4. The fourth-order valence-electron chi connectivity index (χ4n) is 8.03. The first kappa shape index (κ1) is 73.6. The fourth-order valence-corrected chi connectivity index (χ4v) is 8.03. The normalized spacial score (nSPS) is 18.4. The summed E-state index contributed by atoms with van der Waals surface area (Å²) >= 11 is 0. The third-order valence-corrected chi connectivity index (χ3v) is 12.6. The van der Waals surface area contributed by atoms with Crippen LogP contribution in [0, 0.1) is 46.3 Å². The van der Waals surface area contributed by atoms with Crippen LogP contribution in [0.25, 0.3) is 0 Å². The van der Waals surface area contributed by atoms with Crippen LogP contribution in [0.3, 0.4) is 0 Å². The summed E-state index contributed by atoms with van der Waals surface area (Å²) in [5.74, 6) is 9.75. The molecule has 0 saturated carbocycles. The van der Waals surface area contributed by atoms with Gasteiger partial charge in [-0.15, -0.1) is 17.8 Å². The number of allylic oxidation sites excluding steroid dienone is 8. The van der Waals surface area contributed by atoms with Gasteiger partial charge in [-0.25, -0.2) is 14.4 Å². The number of amides is 5. The average molecular weight is 1150 g/mol. The molecule has 456 valence electrons. The molecule has 16 nitrogen and oxygen atoms in total. The van der Waals surface area contributed by atoms with Crippen LogP contribution in [0.1, 0.15) is 163 Å². The Balaban J connectivity index is 0.000000832. The van der Waals surface area contributed by atoms with E-state index in [9.17, 15) is 33.6 Å². The van der Waals surface area contributed by atoms with Crippen LogP contribution >= 0.6 is 0 Å². The summed E-state index contributed by atoms with van der Waals surface area (Å²) in [6.45, 7) is 33.8. The number of hydrogen-bond donors (Lipinski definition) is 5. The lowest BCUT2D eigenvalue weighted by molar-refractivity contribution is -0.148. The van der Waals surface area contributed by atoms with Crippen molar-refractivity contribution in [2.75, 3.05) is 0 Å².